The van der Waals surface area contributed by atoms with Crippen molar-refractivity contribution in [1.29, 1.82) is 0 Å². The van der Waals surface area contributed by atoms with E-state index in [1.165, 1.54) is 48.1 Å². The van der Waals surface area contributed by atoms with Gasteiger partial charge in [-0.1, -0.05) is 36.2 Å². The van der Waals surface area contributed by atoms with Crippen LogP contribution in [0.5, 0.6) is 0 Å². The lowest BCUT2D eigenvalue weighted by molar-refractivity contribution is 0.140. The van der Waals surface area contributed by atoms with E-state index in [1.54, 1.807) is 0 Å². The zero-order valence-electron chi connectivity index (χ0n) is 13.0. The minimum atomic E-state index is 0.521. The summed E-state index contributed by atoms with van der Waals surface area (Å²) in [7, 11) is 0. The predicted octanol–water partition coefficient (Wildman–Crippen LogP) is 4.43. The molecule has 1 fully saturated rings. The highest BCUT2D eigenvalue weighted by molar-refractivity contribution is 5.30. The Labute approximate surface area is 127 Å². The number of aryl methyl sites for hydroxylation is 2. The molecule has 21 heavy (non-hydrogen) atoms. The molecule has 1 aliphatic rings. The molecule has 0 radical (unpaired) electrons. The average Bonchev–Trinajstić information content (AvgIpc) is 2.52. The van der Waals surface area contributed by atoms with Crippen LogP contribution in [0.2, 0.25) is 0 Å². The second kappa shape index (κ2) is 6.40. The van der Waals surface area contributed by atoms with Gasteiger partial charge in [-0.25, -0.2) is 0 Å². The van der Waals surface area contributed by atoms with Crippen LogP contribution in [-0.2, 0) is 6.54 Å². The molecule has 0 spiro atoms. The Morgan fingerprint density at radius 1 is 1.19 bits per heavy atom. The van der Waals surface area contributed by atoms with Gasteiger partial charge in [0.2, 0.25) is 0 Å². The van der Waals surface area contributed by atoms with E-state index in [0.717, 1.165) is 6.54 Å². The largest absolute Gasteiger partial charge is 0.292 e. The van der Waals surface area contributed by atoms with Crippen LogP contribution in [0, 0.1) is 13.8 Å². The zero-order valence-corrected chi connectivity index (χ0v) is 13.0. The maximum absolute atomic E-state index is 4.31. The third kappa shape index (κ3) is 3.33. The average molecular weight is 280 g/mol. The minimum Gasteiger partial charge on any atom is -0.292 e. The lowest BCUT2D eigenvalue weighted by Crippen LogP contribution is -2.33. The smallest absolute Gasteiger partial charge is 0.0366 e. The van der Waals surface area contributed by atoms with Crippen LogP contribution in [-0.4, -0.2) is 16.4 Å². The molecule has 110 valence electrons. The molecule has 3 rings (SSSR count). The first-order chi connectivity index (χ1) is 10.2. The van der Waals surface area contributed by atoms with Crippen molar-refractivity contribution in [3.05, 3.63) is 65.0 Å². The maximum Gasteiger partial charge on any atom is 0.0366 e. The second-order valence-corrected chi connectivity index (χ2v) is 6.20. The maximum atomic E-state index is 4.31. The van der Waals surface area contributed by atoms with Crippen LogP contribution >= 0.6 is 0 Å². The molecule has 1 aromatic carbocycles. The summed E-state index contributed by atoms with van der Waals surface area (Å²) in [6.07, 6.45) is 7.77. The standard InChI is InChI=1S/C19H24N2/c1-15-8-9-16(2)18(12-15)14-21-11-4-3-7-19(21)17-6-5-10-20-13-17/h5-6,8-10,12-13,19H,3-4,7,11,14H2,1-2H3/t19-/m1/s1. The number of likely N-dealkylation sites (tertiary alicyclic amines) is 1. The molecular formula is C19H24N2. The Balaban J connectivity index is 1.83. The van der Waals surface area contributed by atoms with E-state index < -0.39 is 0 Å². The van der Waals surface area contributed by atoms with Gasteiger partial charge in [0.15, 0.2) is 0 Å². The van der Waals surface area contributed by atoms with Gasteiger partial charge < -0.3 is 0 Å². The van der Waals surface area contributed by atoms with Crippen molar-refractivity contribution in [2.45, 2.75) is 45.7 Å². The number of piperidine rings is 1. The Kier molecular flexibility index (Phi) is 4.35. The van der Waals surface area contributed by atoms with Crippen molar-refractivity contribution < 1.29 is 0 Å². The first-order valence-corrected chi connectivity index (χ1v) is 7.94. The Morgan fingerprint density at radius 3 is 2.90 bits per heavy atom. The van der Waals surface area contributed by atoms with Gasteiger partial charge in [-0.05, 0) is 56.0 Å². The fourth-order valence-corrected chi connectivity index (χ4v) is 3.32. The van der Waals surface area contributed by atoms with Gasteiger partial charge in [-0.3, -0.25) is 9.88 Å². The fraction of sp³-hybridized carbons (Fsp3) is 0.421. The summed E-state index contributed by atoms with van der Waals surface area (Å²) in [4.78, 5) is 6.93. The number of nitrogens with zero attached hydrogens (tertiary/aromatic N) is 2. The number of rotatable bonds is 3. The molecule has 2 aromatic rings. The lowest BCUT2D eigenvalue weighted by Gasteiger charge is -2.36. The van der Waals surface area contributed by atoms with E-state index in [4.69, 9.17) is 0 Å². The Morgan fingerprint density at radius 2 is 2.10 bits per heavy atom. The second-order valence-electron chi connectivity index (χ2n) is 6.20. The molecule has 1 aliphatic heterocycles. The van der Waals surface area contributed by atoms with Crippen molar-refractivity contribution in [2.24, 2.45) is 0 Å². The van der Waals surface area contributed by atoms with E-state index in [2.05, 4.69) is 54.1 Å². The SMILES string of the molecule is Cc1ccc(C)c(CN2CCCC[C@@H]2c2cccnc2)c1. The zero-order chi connectivity index (χ0) is 14.7. The lowest BCUT2D eigenvalue weighted by atomic mass is 9.95. The highest BCUT2D eigenvalue weighted by Gasteiger charge is 2.24. The third-order valence-electron chi connectivity index (χ3n) is 4.56. The van der Waals surface area contributed by atoms with Crippen LogP contribution in [0.3, 0.4) is 0 Å². The molecule has 1 aromatic heterocycles. The van der Waals surface area contributed by atoms with Gasteiger partial charge in [0.25, 0.3) is 0 Å². The summed E-state index contributed by atoms with van der Waals surface area (Å²) < 4.78 is 0. The number of aromatic nitrogens is 1. The quantitative estimate of drug-likeness (QED) is 0.827. The first-order valence-electron chi connectivity index (χ1n) is 7.94. The van der Waals surface area contributed by atoms with Crippen molar-refractivity contribution in [2.75, 3.05) is 6.54 Å². The van der Waals surface area contributed by atoms with E-state index in [1.807, 2.05) is 12.4 Å². The van der Waals surface area contributed by atoms with Gasteiger partial charge in [0.1, 0.15) is 0 Å². The van der Waals surface area contributed by atoms with Crippen molar-refractivity contribution in [1.82, 2.24) is 9.88 Å². The molecule has 0 aliphatic carbocycles. The number of pyridine rings is 1. The minimum absolute atomic E-state index is 0.521. The summed E-state index contributed by atoms with van der Waals surface area (Å²) >= 11 is 0. The van der Waals surface area contributed by atoms with Gasteiger partial charge >= 0.3 is 0 Å². The molecule has 0 bridgehead atoms. The van der Waals surface area contributed by atoms with Gasteiger partial charge in [-0.15, -0.1) is 0 Å². The topological polar surface area (TPSA) is 16.1 Å². The normalized spacial score (nSPS) is 19.6. The van der Waals surface area contributed by atoms with Crippen LogP contribution in [0.15, 0.2) is 42.7 Å². The molecule has 0 amide bonds. The van der Waals surface area contributed by atoms with Crippen molar-refractivity contribution in [3.8, 4) is 0 Å². The number of benzene rings is 1. The van der Waals surface area contributed by atoms with Crippen LogP contribution < -0.4 is 0 Å². The molecule has 0 saturated carbocycles. The summed E-state index contributed by atoms with van der Waals surface area (Å²) in [5, 5.41) is 0. The molecule has 1 atom stereocenters. The summed E-state index contributed by atoms with van der Waals surface area (Å²) in [5.41, 5.74) is 5.58. The predicted molar refractivity (Wildman–Crippen MR) is 87.2 cm³/mol. The molecule has 0 unspecified atom stereocenters. The van der Waals surface area contributed by atoms with Crippen LogP contribution in [0.1, 0.15) is 47.6 Å². The Hall–Kier alpha value is -1.67. The summed E-state index contributed by atoms with van der Waals surface area (Å²) in [6, 6.07) is 11.6. The van der Waals surface area contributed by atoms with Gasteiger partial charge in [0.05, 0.1) is 0 Å². The third-order valence-corrected chi connectivity index (χ3v) is 4.56. The highest BCUT2D eigenvalue weighted by Crippen LogP contribution is 2.32. The van der Waals surface area contributed by atoms with Crippen LogP contribution in [0.25, 0.3) is 0 Å². The van der Waals surface area contributed by atoms with Crippen molar-refractivity contribution in [3.63, 3.8) is 0 Å². The van der Waals surface area contributed by atoms with E-state index in [-0.39, 0.29) is 0 Å². The highest BCUT2D eigenvalue weighted by atomic mass is 15.2. The molecule has 2 heterocycles. The van der Waals surface area contributed by atoms with E-state index in [0.29, 0.717) is 6.04 Å². The summed E-state index contributed by atoms with van der Waals surface area (Å²) in [6.45, 7) is 6.63. The molecule has 2 heteroatoms. The fourth-order valence-electron chi connectivity index (χ4n) is 3.32. The molecule has 0 N–H and O–H groups in total. The van der Waals surface area contributed by atoms with Crippen LogP contribution in [0.4, 0.5) is 0 Å². The molecular weight excluding hydrogens is 256 g/mol. The Bertz CT molecular complexity index is 592. The van der Waals surface area contributed by atoms with Gasteiger partial charge in [-0.2, -0.15) is 0 Å². The summed E-state index contributed by atoms with van der Waals surface area (Å²) in [5.74, 6) is 0. The van der Waals surface area contributed by atoms with Gasteiger partial charge in [0, 0.05) is 25.0 Å². The first kappa shape index (κ1) is 14.3. The van der Waals surface area contributed by atoms with E-state index >= 15 is 0 Å². The van der Waals surface area contributed by atoms with E-state index in [9.17, 15) is 0 Å². The molecule has 1 saturated heterocycles. The monoisotopic (exact) mass is 280 g/mol. The number of hydrogen-bond donors (Lipinski definition) is 0. The molecule has 2 nitrogen and oxygen atoms in total. The number of hydrogen-bond acceptors (Lipinski definition) is 2. The van der Waals surface area contributed by atoms with Crippen molar-refractivity contribution >= 4 is 0 Å².